The van der Waals surface area contributed by atoms with Crippen LogP contribution in [-0.2, 0) is 11.2 Å². The van der Waals surface area contributed by atoms with Crippen LogP contribution in [0, 0.1) is 0 Å². The average Bonchev–Trinajstić information content (AvgIpc) is 2.48. The third-order valence-corrected chi connectivity index (χ3v) is 4.07. The number of hydrogen-bond acceptors (Lipinski definition) is 4. The predicted octanol–water partition coefficient (Wildman–Crippen LogP) is 0.0814. The molecule has 2 rings (SSSR count). The Labute approximate surface area is 126 Å². The zero-order chi connectivity index (χ0) is 15.2. The average molecular weight is 291 g/mol. The summed E-state index contributed by atoms with van der Waals surface area (Å²) in [6.07, 6.45) is 0.129. The number of nitrogens with zero attached hydrogens (tertiary/aromatic N) is 2. The molecule has 3 N–H and O–H groups in total. The summed E-state index contributed by atoms with van der Waals surface area (Å²) < 4.78 is 0. The van der Waals surface area contributed by atoms with Crippen molar-refractivity contribution in [1.82, 2.24) is 9.80 Å². The van der Waals surface area contributed by atoms with Crippen molar-refractivity contribution in [2.24, 2.45) is 5.73 Å². The van der Waals surface area contributed by atoms with Crippen LogP contribution in [0.15, 0.2) is 30.3 Å². The van der Waals surface area contributed by atoms with Crippen molar-refractivity contribution in [3.05, 3.63) is 35.9 Å². The van der Waals surface area contributed by atoms with Gasteiger partial charge in [0.05, 0.1) is 6.10 Å². The molecule has 1 heterocycles. The van der Waals surface area contributed by atoms with Gasteiger partial charge in [0.25, 0.3) is 0 Å². The molecule has 1 aliphatic rings. The molecule has 0 aromatic heterocycles. The Morgan fingerprint density at radius 2 is 1.86 bits per heavy atom. The highest BCUT2D eigenvalue weighted by atomic mass is 16.3. The number of β-amino-alcohol motifs (C(OH)–C–C–N with tert-alkyl or cyclic N) is 1. The molecule has 5 nitrogen and oxygen atoms in total. The SMILES string of the molecule is CC(=O)N1CCN(C[C@@H](O)[C@@H](N)Cc2ccccc2)CC1. The molecule has 2 atom stereocenters. The second-order valence-electron chi connectivity index (χ2n) is 5.73. The second-order valence-corrected chi connectivity index (χ2v) is 5.73. The molecule has 1 amide bonds. The first kappa shape index (κ1) is 15.9. The Morgan fingerprint density at radius 1 is 1.24 bits per heavy atom. The zero-order valence-corrected chi connectivity index (χ0v) is 12.6. The number of carbonyl (C=O) groups is 1. The molecule has 1 aliphatic heterocycles. The summed E-state index contributed by atoms with van der Waals surface area (Å²) in [5.74, 6) is 0.121. The van der Waals surface area contributed by atoms with Crippen molar-refractivity contribution in [3.8, 4) is 0 Å². The number of piperazine rings is 1. The van der Waals surface area contributed by atoms with E-state index < -0.39 is 6.10 Å². The van der Waals surface area contributed by atoms with Crippen LogP contribution in [-0.4, -0.2) is 65.7 Å². The number of aliphatic hydroxyl groups is 1. The topological polar surface area (TPSA) is 69.8 Å². The van der Waals surface area contributed by atoms with E-state index in [9.17, 15) is 9.90 Å². The Bertz CT molecular complexity index is 444. The van der Waals surface area contributed by atoms with Crippen LogP contribution < -0.4 is 5.73 Å². The molecule has 5 heteroatoms. The van der Waals surface area contributed by atoms with Gasteiger partial charge in [-0.15, -0.1) is 0 Å². The highest BCUT2D eigenvalue weighted by Gasteiger charge is 2.23. The maximum Gasteiger partial charge on any atom is 0.219 e. The van der Waals surface area contributed by atoms with Crippen molar-refractivity contribution < 1.29 is 9.90 Å². The van der Waals surface area contributed by atoms with E-state index in [0.717, 1.165) is 31.7 Å². The highest BCUT2D eigenvalue weighted by Crippen LogP contribution is 2.08. The Hall–Kier alpha value is -1.43. The summed E-state index contributed by atoms with van der Waals surface area (Å²) in [6.45, 7) is 5.23. The van der Waals surface area contributed by atoms with Crippen LogP contribution >= 0.6 is 0 Å². The Balaban J connectivity index is 1.76. The van der Waals surface area contributed by atoms with E-state index in [0.29, 0.717) is 13.0 Å². The van der Waals surface area contributed by atoms with Crippen molar-refractivity contribution in [2.75, 3.05) is 32.7 Å². The monoisotopic (exact) mass is 291 g/mol. The third kappa shape index (κ3) is 4.81. The van der Waals surface area contributed by atoms with E-state index in [1.807, 2.05) is 35.2 Å². The minimum Gasteiger partial charge on any atom is -0.390 e. The lowest BCUT2D eigenvalue weighted by Crippen LogP contribution is -2.52. The van der Waals surface area contributed by atoms with Gasteiger partial charge in [-0.05, 0) is 12.0 Å². The minimum absolute atomic E-state index is 0.121. The fourth-order valence-electron chi connectivity index (χ4n) is 2.67. The standard InChI is InChI=1S/C16H25N3O2/c1-13(20)19-9-7-18(8-10-19)12-16(21)15(17)11-14-5-3-2-4-6-14/h2-6,15-16,21H,7-12,17H2,1H3/t15-,16+/m0/s1. The molecule has 1 fully saturated rings. The van der Waals surface area contributed by atoms with Crippen molar-refractivity contribution in [2.45, 2.75) is 25.5 Å². The molecule has 1 aromatic carbocycles. The number of nitrogens with two attached hydrogens (primary N) is 1. The highest BCUT2D eigenvalue weighted by molar-refractivity contribution is 5.73. The number of carbonyl (C=O) groups excluding carboxylic acids is 1. The molecule has 0 spiro atoms. The van der Waals surface area contributed by atoms with Gasteiger partial charge in [0.15, 0.2) is 0 Å². The molecule has 0 bridgehead atoms. The lowest BCUT2D eigenvalue weighted by molar-refractivity contribution is -0.130. The Morgan fingerprint density at radius 3 is 2.43 bits per heavy atom. The van der Waals surface area contributed by atoms with Crippen LogP contribution in [0.4, 0.5) is 0 Å². The molecule has 0 aliphatic carbocycles. The maximum absolute atomic E-state index is 11.3. The van der Waals surface area contributed by atoms with Gasteiger partial charge in [-0.25, -0.2) is 0 Å². The molecule has 21 heavy (non-hydrogen) atoms. The molecular weight excluding hydrogens is 266 g/mol. The van der Waals surface area contributed by atoms with Gasteiger partial charge in [0.1, 0.15) is 0 Å². The van der Waals surface area contributed by atoms with Crippen molar-refractivity contribution in [1.29, 1.82) is 0 Å². The normalized spacial score (nSPS) is 19.3. The zero-order valence-electron chi connectivity index (χ0n) is 12.6. The lowest BCUT2D eigenvalue weighted by Gasteiger charge is -2.36. The molecule has 1 aromatic rings. The van der Waals surface area contributed by atoms with Gasteiger partial charge in [0.2, 0.25) is 5.91 Å². The number of aliphatic hydroxyl groups excluding tert-OH is 1. The Kier molecular flexibility index (Phi) is 5.73. The first-order chi connectivity index (χ1) is 10.1. The van der Waals surface area contributed by atoms with Crippen LogP contribution in [0.2, 0.25) is 0 Å². The van der Waals surface area contributed by atoms with E-state index in [-0.39, 0.29) is 11.9 Å². The van der Waals surface area contributed by atoms with E-state index >= 15 is 0 Å². The van der Waals surface area contributed by atoms with Gasteiger partial charge < -0.3 is 15.7 Å². The van der Waals surface area contributed by atoms with E-state index in [1.165, 1.54) is 0 Å². The molecule has 0 unspecified atom stereocenters. The van der Waals surface area contributed by atoms with Crippen molar-refractivity contribution in [3.63, 3.8) is 0 Å². The fourth-order valence-corrected chi connectivity index (χ4v) is 2.67. The minimum atomic E-state index is -0.547. The number of benzene rings is 1. The van der Waals surface area contributed by atoms with E-state index in [2.05, 4.69) is 4.90 Å². The third-order valence-electron chi connectivity index (χ3n) is 4.07. The number of amides is 1. The first-order valence-corrected chi connectivity index (χ1v) is 7.51. The summed E-state index contributed by atoms with van der Waals surface area (Å²) in [7, 11) is 0. The smallest absolute Gasteiger partial charge is 0.219 e. The summed E-state index contributed by atoms with van der Waals surface area (Å²) in [5, 5.41) is 10.3. The molecule has 116 valence electrons. The molecular formula is C16H25N3O2. The number of rotatable bonds is 5. The van der Waals surface area contributed by atoms with Gasteiger partial charge in [-0.3, -0.25) is 9.69 Å². The van der Waals surface area contributed by atoms with E-state index in [4.69, 9.17) is 5.73 Å². The largest absolute Gasteiger partial charge is 0.390 e. The predicted molar refractivity (Wildman–Crippen MR) is 82.8 cm³/mol. The summed E-state index contributed by atoms with van der Waals surface area (Å²) >= 11 is 0. The lowest BCUT2D eigenvalue weighted by atomic mass is 10.0. The van der Waals surface area contributed by atoms with Gasteiger partial charge >= 0.3 is 0 Å². The van der Waals surface area contributed by atoms with E-state index in [1.54, 1.807) is 6.92 Å². The van der Waals surface area contributed by atoms with Crippen LogP contribution in [0.1, 0.15) is 12.5 Å². The molecule has 1 saturated heterocycles. The second kappa shape index (κ2) is 7.54. The fraction of sp³-hybridized carbons (Fsp3) is 0.562. The van der Waals surface area contributed by atoms with Gasteiger partial charge in [-0.1, -0.05) is 30.3 Å². The van der Waals surface area contributed by atoms with Gasteiger partial charge in [0, 0.05) is 45.7 Å². The summed E-state index contributed by atoms with van der Waals surface area (Å²) in [6, 6.07) is 9.72. The number of hydrogen-bond donors (Lipinski definition) is 2. The summed E-state index contributed by atoms with van der Waals surface area (Å²) in [4.78, 5) is 15.3. The summed E-state index contributed by atoms with van der Waals surface area (Å²) in [5.41, 5.74) is 7.24. The molecule has 0 radical (unpaired) electrons. The first-order valence-electron chi connectivity index (χ1n) is 7.51. The maximum atomic E-state index is 11.3. The molecule has 0 saturated carbocycles. The van der Waals surface area contributed by atoms with Crippen LogP contribution in [0.5, 0.6) is 0 Å². The van der Waals surface area contributed by atoms with Crippen LogP contribution in [0.25, 0.3) is 0 Å². The quantitative estimate of drug-likeness (QED) is 0.806. The van der Waals surface area contributed by atoms with Crippen LogP contribution in [0.3, 0.4) is 0 Å². The van der Waals surface area contributed by atoms with Crippen molar-refractivity contribution >= 4 is 5.91 Å². The van der Waals surface area contributed by atoms with Gasteiger partial charge in [-0.2, -0.15) is 0 Å².